The van der Waals surface area contributed by atoms with E-state index < -0.39 is 6.10 Å². The smallest absolute Gasteiger partial charge is 0.0807 e. The van der Waals surface area contributed by atoms with Gasteiger partial charge in [-0.1, -0.05) is 30.3 Å². The fourth-order valence-corrected chi connectivity index (χ4v) is 2.16. The highest BCUT2D eigenvalue weighted by Crippen LogP contribution is 2.22. The van der Waals surface area contributed by atoms with Crippen LogP contribution in [0.5, 0.6) is 0 Å². The summed E-state index contributed by atoms with van der Waals surface area (Å²) < 4.78 is 0. The van der Waals surface area contributed by atoms with E-state index in [2.05, 4.69) is 17.0 Å². The van der Waals surface area contributed by atoms with Gasteiger partial charge in [-0.15, -0.1) is 0 Å². The molecule has 1 atom stereocenters. The van der Waals surface area contributed by atoms with E-state index in [1.165, 1.54) is 0 Å². The molecule has 1 unspecified atom stereocenters. The summed E-state index contributed by atoms with van der Waals surface area (Å²) in [5, 5.41) is 10.2. The molecule has 0 aliphatic heterocycles. The van der Waals surface area contributed by atoms with Crippen molar-refractivity contribution in [2.24, 2.45) is 0 Å². The summed E-state index contributed by atoms with van der Waals surface area (Å²) in [6, 6.07) is 15.9. The Morgan fingerprint density at radius 3 is 2.50 bits per heavy atom. The van der Waals surface area contributed by atoms with Gasteiger partial charge in [-0.2, -0.15) is 0 Å². The molecule has 0 heterocycles. The highest BCUT2D eigenvalue weighted by atomic mass is 16.3. The number of hydrogen-bond acceptors (Lipinski definition) is 3. The van der Waals surface area contributed by atoms with Crippen LogP contribution in [0.3, 0.4) is 0 Å². The van der Waals surface area contributed by atoms with Gasteiger partial charge in [-0.3, -0.25) is 0 Å². The van der Waals surface area contributed by atoms with Gasteiger partial charge in [-0.05, 0) is 42.7 Å². The van der Waals surface area contributed by atoms with Crippen molar-refractivity contribution in [3.8, 4) is 0 Å². The first-order valence-electron chi connectivity index (χ1n) is 6.88. The molecule has 3 heteroatoms. The number of nitrogen functional groups attached to an aromatic ring is 1. The van der Waals surface area contributed by atoms with Gasteiger partial charge in [-0.25, -0.2) is 0 Å². The number of aryl methyl sites for hydroxylation is 1. The van der Waals surface area contributed by atoms with E-state index in [4.69, 9.17) is 5.73 Å². The average molecular weight is 270 g/mol. The Morgan fingerprint density at radius 1 is 1.15 bits per heavy atom. The van der Waals surface area contributed by atoms with E-state index in [9.17, 15) is 5.11 Å². The zero-order valence-corrected chi connectivity index (χ0v) is 12.1. The zero-order chi connectivity index (χ0) is 14.5. The molecule has 2 aromatic carbocycles. The Kier molecular flexibility index (Phi) is 4.64. The van der Waals surface area contributed by atoms with E-state index in [0.29, 0.717) is 6.42 Å². The van der Waals surface area contributed by atoms with E-state index in [-0.39, 0.29) is 0 Å². The molecule has 2 aromatic rings. The number of nitrogens with two attached hydrogens (primary N) is 1. The first kappa shape index (κ1) is 14.4. The number of aliphatic hydroxyl groups is 1. The highest BCUT2D eigenvalue weighted by molar-refractivity contribution is 5.49. The number of benzene rings is 2. The maximum atomic E-state index is 10.2. The Hall–Kier alpha value is -2.00. The van der Waals surface area contributed by atoms with Gasteiger partial charge in [0, 0.05) is 25.0 Å². The number of rotatable bonds is 5. The number of anilines is 2. The number of aliphatic hydroxyl groups excluding tert-OH is 1. The summed E-state index contributed by atoms with van der Waals surface area (Å²) in [4.78, 5) is 2.14. The lowest BCUT2D eigenvalue weighted by molar-refractivity contribution is 0.170. The molecule has 2 rings (SSSR count). The molecule has 0 radical (unpaired) electrons. The Morgan fingerprint density at radius 2 is 1.85 bits per heavy atom. The van der Waals surface area contributed by atoms with Gasteiger partial charge in [0.05, 0.1) is 6.10 Å². The molecule has 0 bridgehead atoms. The monoisotopic (exact) mass is 270 g/mol. The molecule has 0 fully saturated rings. The minimum Gasteiger partial charge on any atom is -0.399 e. The lowest BCUT2D eigenvalue weighted by Crippen LogP contribution is -2.20. The second-order valence-corrected chi connectivity index (χ2v) is 5.18. The first-order chi connectivity index (χ1) is 9.58. The molecule has 20 heavy (non-hydrogen) atoms. The van der Waals surface area contributed by atoms with Crippen LogP contribution < -0.4 is 10.6 Å². The molecule has 0 aromatic heterocycles. The van der Waals surface area contributed by atoms with Crippen LogP contribution in [0.4, 0.5) is 11.4 Å². The molecule has 3 N–H and O–H groups in total. The van der Waals surface area contributed by atoms with Crippen molar-refractivity contribution in [2.75, 3.05) is 24.2 Å². The number of para-hydroxylation sites is 1. The van der Waals surface area contributed by atoms with Crippen LogP contribution in [-0.4, -0.2) is 18.7 Å². The van der Waals surface area contributed by atoms with Gasteiger partial charge in [0.15, 0.2) is 0 Å². The minimum atomic E-state index is -0.482. The van der Waals surface area contributed by atoms with Crippen molar-refractivity contribution in [3.63, 3.8) is 0 Å². The summed E-state index contributed by atoms with van der Waals surface area (Å²) in [6.45, 7) is 2.76. The predicted molar refractivity (Wildman–Crippen MR) is 84.9 cm³/mol. The molecule has 0 spiro atoms. The Bertz CT molecular complexity index is 554. The van der Waals surface area contributed by atoms with Crippen molar-refractivity contribution in [1.82, 2.24) is 0 Å². The third-order valence-electron chi connectivity index (χ3n) is 3.62. The largest absolute Gasteiger partial charge is 0.399 e. The van der Waals surface area contributed by atoms with Gasteiger partial charge >= 0.3 is 0 Å². The van der Waals surface area contributed by atoms with Crippen molar-refractivity contribution in [2.45, 2.75) is 19.4 Å². The number of hydrogen-bond donors (Lipinski definition) is 2. The van der Waals surface area contributed by atoms with Crippen molar-refractivity contribution in [3.05, 3.63) is 59.7 Å². The topological polar surface area (TPSA) is 49.5 Å². The first-order valence-corrected chi connectivity index (χ1v) is 6.88. The van der Waals surface area contributed by atoms with Gasteiger partial charge in [0.25, 0.3) is 0 Å². The molecule has 0 aliphatic carbocycles. The molecular weight excluding hydrogens is 248 g/mol. The molecule has 0 saturated carbocycles. The van der Waals surface area contributed by atoms with Crippen molar-refractivity contribution < 1.29 is 5.11 Å². The lowest BCUT2D eigenvalue weighted by Gasteiger charge is -2.21. The maximum absolute atomic E-state index is 10.2. The minimum absolute atomic E-state index is 0.482. The van der Waals surface area contributed by atoms with Crippen LogP contribution in [0.25, 0.3) is 0 Å². The second kappa shape index (κ2) is 6.44. The zero-order valence-electron chi connectivity index (χ0n) is 12.1. The summed E-state index contributed by atoms with van der Waals surface area (Å²) in [7, 11) is 2.03. The highest BCUT2D eigenvalue weighted by Gasteiger charge is 2.10. The Balaban J connectivity index is 1.95. The van der Waals surface area contributed by atoms with Gasteiger partial charge in [0.1, 0.15) is 0 Å². The third kappa shape index (κ3) is 3.52. The van der Waals surface area contributed by atoms with Crippen LogP contribution in [-0.2, 0) is 0 Å². The summed E-state index contributed by atoms with van der Waals surface area (Å²) in [5.74, 6) is 0. The predicted octanol–water partition coefficient (Wildman–Crippen LogP) is 3.14. The summed E-state index contributed by atoms with van der Waals surface area (Å²) in [5.41, 5.74) is 9.70. The SMILES string of the molecule is Cc1ccc(C(O)CCN(C)c2ccccc2)cc1N. The standard InChI is InChI=1S/C17H22N2O/c1-13-8-9-14(12-16(13)18)17(20)10-11-19(2)15-6-4-3-5-7-15/h3-9,12,17,20H,10-11,18H2,1-2H3. The van der Waals surface area contributed by atoms with Crippen LogP contribution in [0, 0.1) is 6.92 Å². The second-order valence-electron chi connectivity index (χ2n) is 5.18. The maximum Gasteiger partial charge on any atom is 0.0807 e. The van der Waals surface area contributed by atoms with E-state index in [1.807, 2.05) is 50.4 Å². The van der Waals surface area contributed by atoms with E-state index >= 15 is 0 Å². The van der Waals surface area contributed by atoms with Crippen LogP contribution in [0.1, 0.15) is 23.7 Å². The summed E-state index contributed by atoms with van der Waals surface area (Å²) in [6.07, 6.45) is 0.192. The molecule has 0 amide bonds. The molecule has 0 aliphatic rings. The fraction of sp³-hybridized carbons (Fsp3) is 0.294. The average Bonchev–Trinajstić information content (AvgIpc) is 2.48. The molecule has 0 saturated heterocycles. The Labute approximate surface area is 120 Å². The quantitative estimate of drug-likeness (QED) is 0.821. The normalized spacial score (nSPS) is 12.2. The van der Waals surface area contributed by atoms with E-state index in [1.54, 1.807) is 0 Å². The van der Waals surface area contributed by atoms with Crippen molar-refractivity contribution >= 4 is 11.4 Å². The van der Waals surface area contributed by atoms with Gasteiger partial charge < -0.3 is 15.7 Å². The van der Waals surface area contributed by atoms with Gasteiger partial charge in [0.2, 0.25) is 0 Å². The molecular formula is C17H22N2O. The molecule has 3 nitrogen and oxygen atoms in total. The third-order valence-corrected chi connectivity index (χ3v) is 3.62. The molecule has 106 valence electrons. The van der Waals surface area contributed by atoms with Crippen molar-refractivity contribution in [1.29, 1.82) is 0 Å². The van der Waals surface area contributed by atoms with E-state index in [0.717, 1.165) is 29.0 Å². The van der Waals surface area contributed by atoms with Crippen LogP contribution in [0.15, 0.2) is 48.5 Å². The van der Waals surface area contributed by atoms with Crippen LogP contribution in [0.2, 0.25) is 0 Å². The fourth-order valence-electron chi connectivity index (χ4n) is 2.16. The number of nitrogens with zero attached hydrogens (tertiary/aromatic N) is 1. The lowest BCUT2D eigenvalue weighted by atomic mass is 10.0. The summed E-state index contributed by atoms with van der Waals surface area (Å²) >= 11 is 0. The van der Waals surface area contributed by atoms with Crippen LogP contribution >= 0.6 is 0 Å².